The monoisotopic (exact) mass is 476 g/mol. The Hall–Kier alpha value is -4.27. The van der Waals surface area contributed by atoms with Gasteiger partial charge in [0, 0.05) is 18.8 Å². The molecule has 1 aliphatic heterocycles. The topological polar surface area (TPSA) is 92.1 Å². The molecule has 0 amide bonds. The zero-order chi connectivity index (χ0) is 25.0. The molecule has 0 saturated heterocycles. The highest BCUT2D eigenvalue weighted by atomic mass is 16.5. The van der Waals surface area contributed by atoms with Crippen molar-refractivity contribution in [1.29, 1.82) is 0 Å². The standard InChI is InChI=1S/C26H32N6O3/c1-6-14-32(7-2)25-28-24(31-27-18-21-10-8-9-19(3)16-21)29-26(30-25)35-15-13-20-11-12-22(33-4)23(17-20)34-5/h6-12,14,16-18,24,31H,2,13,15H2,1,3-5H3,(H,28,29,30)/b14-6-,27-18+. The molecule has 2 aromatic carbocycles. The number of aliphatic imine (C=N–C) groups is 2. The van der Waals surface area contributed by atoms with Gasteiger partial charge < -0.3 is 14.2 Å². The van der Waals surface area contributed by atoms with E-state index >= 15 is 0 Å². The van der Waals surface area contributed by atoms with Crippen LogP contribution in [-0.2, 0) is 11.2 Å². The number of methoxy groups -OCH3 is 2. The fraction of sp³-hybridized carbons (Fsp3) is 0.269. The molecule has 1 heterocycles. The predicted molar refractivity (Wildman–Crippen MR) is 140 cm³/mol. The number of amidine groups is 1. The van der Waals surface area contributed by atoms with Crippen LogP contribution in [0.3, 0.4) is 0 Å². The number of allylic oxidation sites excluding steroid dienone is 1. The maximum absolute atomic E-state index is 5.94. The molecule has 9 heteroatoms. The maximum Gasteiger partial charge on any atom is 0.295 e. The van der Waals surface area contributed by atoms with Crippen molar-refractivity contribution in [3.8, 4) is 11.5 Å². The van der Waals surface area contributed by atoms with Crippen molar-refractivity contribution in [2.75, 3.05) is 20.8 Å². The number of guanidine groups is 1. The van der Waals surface area contributed by atoms with E-state index in [0.29, 0.717) is 36.5 Å². The summed E-state index contributed by atoms with van der Waals surface area (Å²) in [4.78, 5) is 10.8. The van der Waals surface area contributed by atoms with Gasteiger partial charge in [-0.3, -0.25) is 15.6 Å². The summed E-state index contributed by atoms with van der Waals surface area (Å²) in [5.74, 6) is 1.87. The van der Waals surface area contributed by atoms with Gasteiger partial charge in [-0.2, -0.15) is 10.1 Å². The molecule has 0 saturated carbocycles. The number of rotatable bonds is 10. The third-order valence-electron chi connectivity index (χ3n) is 4.98. The molecule has 0 radical (unpaired) electrons. The third-order valence-corrected chi connectivity index (χ3v) is 4.98. The van der Waals surface area contributed by atoms with E-state index in [4.69, 9.17) is 14.2 Å². The van der Waals surface area contributed by atoms with Gasteiger partial charge in [0.15, 0.2) is 11.5 Å². The number of aryl methyl sites for hydroxylation is 1. The van der Waals surface area contributed by atoms with Crippen molar-refractivity contribution in [2.45, 2.75) is 26.6 Å². The lowest BCUT2D eigenvalue weighted by atomic mass is 10.1. The van der Waals surface area contributed by atoms with Crippen molar-refractivity contribution in [3.63, 3.8) is 0 Å². The molecule has 1 unspecified atom stereocenters. The summed E-state index contributed by atoms with van der Waals surface area (Å²) in [5, 5.41) is 7.42. The summed E-state index contributed by atoms with van der Waals surface area (Å²) in [6.45, 7) is 8.19. The number of nitrogens with one attached hydrogen (secondary N) is 2. The molecule has 0 aliphatic carbocycles. The Kier molecular flexibility index (Phi) is 9.30. The van der Waals surface area contributed by atoms with Crippen molar-refractivity contribution < 1.29 is 14.2 Å². The van der Waals surface area contributed by atoms with E-state index in [0.717, 1.165) is 16.7 Å². The van der Waals surface area contributed by atoms with Crippen LogP contribution in [-0.4, -0.2) is 50.2 Å². The molecule has 35 heavy (non-hydrogen) atoms. The first-order chi connectivity index (χ1) is 17.1. The fourth-order valence-electron chi connectivity index (χ4n) is 3.29. The summed E-state index contributed by atoms with van der Waals surface area (Å²) < 4.78 is 16.6. The quantitative estimate of drug-likeness (QED) is 0.401. The number of hydrogen-bond donors (Lipinski definition) is 2. The number of ether oxygens (including phenoxy) is 3. The Bertz CT molecular complexity index is 1130. The molecule has 1 aliphatic rings. The maximum atomic E-state index is 5.94. The van der Waals surface area contributed by atoms with Crippen LogP contribution in [0.25, 0.3) is 0 Å². The Morgan fingerprint density at radius 2 is 1.97 bits per heavy atom. The van der Waals surface area contributed by atoms with Crippen LogP contribution in [0.15, 0.2) is 82.6 Å². The smallest absolute Gasteiger partial charge is 0.295 e. The molecule has 9 nitrogen and oxygen atoms in total. The van der Waals surface area contributed by atoms with Crippen molar-refractivity contribution in [3.05, 3.63) is 84.2 Å². The molecule has 3 rings (SSSR count). The van der Waals surface area contributed by atoms with Gasteiger partial charge in [0.25, 0.3) is 6.02 Å². The Morgan fingerprint density at radius 1 is 1.14 bits per heavy atom. The lowest BCUT2D eigenvalue weighted by Crippen LogP contribution is -2.46. The van der Waals surface area contributed by atoms with Gasteiger partial charge in [-0.15, -0.1) is 0 Å². The second-order valence-corrected chi connectivity index (χ2v) is 7.55. The molecule has 2 aromatic rings. The summed E-state index contributed by atoms with van der Waals surface area (Å²) in [5.41, 5.74) is 6.15. The van der Waals surface area contributed by atoms with E-state index in [9.17, 15) is 0 Å². The van der Waals surface area contributed by atoms with Gasteiger partial charge >= 0.3 is 0 Å². The predicted octanol–water partition coefficient (Wildman–Crippen LogP) is 3.77. The number of nitrogens with zero attached hydrogens (tertiary/aromatic N) is 4. The van der Waals surface area contributed by atoms with Crippen LogP contribution in [0.4, 0.5) is 0 Å². The highest BCUT2D eigenvalue weighted by Gasteiger charge is 2.20. The minimum atomic E-state index is -0.670. The van der Waals surface area contributed by atoms with Crippen molar-refractivity contribution >= 4 is 18.2 Å². The van der Waals surface area contributed by atoms with Crippen molar-refractivity contribution in [2.24, 2.45) is 15.1 Å². The van der Waals surface area contributed by atoms with E-state index in [-0.39, 0.29) is 0 Å². The van der Waals surface area contributed by atoms with Gasteiger partial charge in [-0.05, 0) is 37.1 Å². The van der Waals surface area contributed by atoms with Crippen molar-refractivity contribution in [1.82, 2.24) is 15.6 Å². The molecule has 0 spiro atoms. The summed E-state index contributed by atoms with van der Waals surface area (Å²) in [7, 11) is 3.23. The SMILES string of the molecule is C=CN(/C=C\C)C1=NC(N/N=C/c2cccc(C)c2)N=C(OCCc2ccc(OC)c(OC)c2)N1. The number of hydrazone groups is 1. The molecule has 0 fully saturated rings. The van der Waals surface area contributed by atoms with Gasteiger partial charge in [-0.1, -0.05) is 48.6 Å². The lowest BCUT2D eigenvalue weighted by Gasteiger charge is -2.25. The minimum Gasteiger partial charge on any atom is -0.493 e. The minimum absolute atomic E-state index is 0.329. The average molecular weight is 477 g/mol. The summed E-state index contributed by atoms with van der Waals surface area (Å²) in [6, 6.07) is 14.2. The zero-order valence-electron chi connectivity index (χ0n) is 20.6. The van der Waals surface area contributed by atoms with Gasteiger partial charge in [0.2, 0.25) is 12.2 Å². The molecule has 2 N–H and O–H groups in total. The highest BCUT2D eigenvalue weighted by molar-refractivity contribution is 5.98. The third kappa shape index (κ3) is 7.36. The van der Waals surface area contributed by atoms with E-state index in [2.05, 4.69) is 32.4 Å². The van der Waals surface area contributed by atoms with Gasteiger partial charge in [0.05, 0.1) is 27.0 Å². The second-order valence-electron chi connectivity index (χ2n) is 7.55. The largest absolute Gasteiger partial charge is 0.493 e. The zero-order valence-corrected chi connectivity index (χ0v) is 20.6. The first kappa shape index (κ1) is 25.4. The summed E-state index contributed by atoms with van der Waals surface area (Å²) >= 11 is 0. The molecule has 0 aromatic heterocycles. The van der Waals surface area contributed by atoms with Crippen LogP contribution in [0.2, 0.25) is 0 Å². The normalized spacial score (nSPS) is 15.3. The second kappa shape index (κ2) is 12.8. The molecular weight excluding hydrogens is 444 g/mol. The lowest BCUT2D eigenvalue weighted by molar-refractivity contribution is 0.290. The van der Waals surface area contributed by atoms with E-state index in [1.54, 1.807) is 31.5 Å². The molecule has 184 valence electrons. The molecule has 1 atom stereocenters. The van der Waals surface area contributed by atoms with Crippen LogP contribution in [0, 0.1) is 6.92 Å². The van der Waals surface area contributed by atoms with Crippen LogP contribution >= 0.6 is 0 Å². The van der Waals surface area contributed by atoms with Crippen LogP contribution < -0.4 is 20.2 Å². The molecular formula is C26H32N6O3. The highest BCUT2D eigenvalue weighted by Crippen LogP contribution is 2.27. The Balaban J connectivity index is 1.69. The number of hydrogen-bond acceptors (Lipinski definition) is 9. The van der Waals surface area contributed by atoms with Crippen LogP contribution in [0.1, 0.15) is 23.6 Å². The Morgan fingerprint density at radius 3 is 2.69 bits per heavy atom. The average Bonchev–Trinajstić information content (AvgIpc) is 2.87. The first-order valence-electron chi connectivity index (χ1n) is 11.2. The van der Waals surface area contributed by atoms with E-state index in [1.807, 2.05) is 68.6 Å². The first-order valence-corrected chi connectivity index (χ1v) is 11.2. The van der Waals surface area contributed by atoms with Gasteiger partial charge in [-0.25, -0.2) is 4.99 Å². The van der Waals surface area contributed by atoms with Crippen LogP contribution in [0.5, 0.6) is 11.5 Å². The summed E-state index contributed by atoms with van der Waals surface area (Å²) in [6.07, 6.45) is 7.07. The molecule has 0 bridgehead atoms. The van der Waals surface area contributed by atoms with E-state index in [1.165, 1.54) is 0 Å². The Labute approximate surface area is 206 Å². The van der Waals surface area contributed by atoms with Gasteiger partial charge in [0.1, 0.15) is 0 Å². The number of benzene rings is 2. The fourth-order valence-corrected chi connectivity index (χ4v) is 3.29. The van der Waals surface area contributed by atoms with E-state index < -0.39 is 6.29 Å².